The molecule has 3 amide bonds. The van der Waals surface area contributed by atoms with Crippen LogP contribution in [0.15, 0.2) is 82.6 Å². The van der Waals surface area contributed by atoms with Crippen LogP contribution in [0.5, 0.6) is 0 Å². The summed E-state index contributed by atoms with van der Waals surface area (Å²) in [6.07, 6.45) is -4.61. The quantitative estimate of drug-likeness (QED) is 0.216. The van der Waals surface area contributed by atoms with Crippen molar-refractivity contribution >= 4 is 57.9 Å². The summed E-state index contributed by atoms with van der Waals surface area (Å²) in [7, 11) is 3.74. The summed E-state index contributed by atoms with van der Waals surface area (Å²) in [6.45, 7) is -0.526. The zero-order valence-electron chi connectivity index (χ0n) is 23.7. The van der Waals surface area contributed by atoms with E-state index in [1.807, 2.05) is 43.3 Å². The molecule has 0 saturated carbocycles. The van der Waals surface area contributed by atoms with E-state index in [-0.39, 0.29) is 11.4 Å². The molecule has 45 heavy (non-hydrogen) atoms. The number of amides is 3. The van der Waals surface area contributed by atoms with E-state index in [1.54, 1.807) is 0 Å². The van der Waals surface area contributed by atoms with Gasteiger partial charge in [-0.15, -0.1) is 0 Å². The lowest BCUT2D eigenvalue weighted by Gasteiger charge is -2.31. The number of aromatic nitrogens is 1. The van der Waals surface area contributed by atoms with Crippen LogP contribution in [0.1, 0.15) is 21.9 Å². The highest BCUT2D eigenvalue weighted by molar-refractivity contribution is 8.00. The van der Waals surface area contributed by atoms with Crippen LogP contribution in [0, 0.1) is 11.7 Å². The molecule has 0 spiro atoms. The van der Waals surface area contributed by atoms with Crippen LogP contribution in [0.25, 0.3) is 0 Å². The number of halogens is 4. The van der Waals surface area contributed by atoms with Gasteiger partial charge in [-0.1, -0.05) is 41.3 Å². The summed E-state index contributed by atoms with van der Waals surface area (Å²) in [5.41, 5.74) is 0.750. The molecular weight excluding hydrogens is 632 g/mol. The molecule has 8 nitrogen and oxygen atoms in total. The molecule has 1 saturated heterocycles. The van der Waals surface area contributed by atoms with E-state index in [4.69, 9.17) is 0 Å². The average molecular weight is 657 g/mol. The Morgan fingerprint density at radius 3 is 2.29 bits per heavy atom. The van der Waals surface area contributed by atoms with Gasteiger partial charge in [0.05, 0.1) is 22.2 Å². The van der Waals surface area contributed by atoms with Gasteiger partial charge in [0.2, 0.25) is 17.7 Å². The van der Waals surface area contributed by atoms with Crippen LogP contribution >= 0.6 is 23.1 Å². The van der Waals surface area contributed by atoms with Crippen molar-refractivity contribution in [3.63, 3.8) is 0 Å². The molecule has 2 aliphatic rings. The van der Waals surface area contributed by atoms with Crippen LogP contribution in [0.3, 0.4) is 0 Å². The maximum absolute atomic E-state index is 13.9. The summed E-state index contributed by atoms with van der Waals surface area (Å²) >= 11 is 1.85. The SMILES string of the molecule is CN(C)c1ccc([C@H]2c3sc(=O)n(CC(=O)Nc4cccc(C(F)(F)F)c4)c3SC3C(=O)N(c4ccc(F)cc4)C(=O)C32)cc1. The van der Waals surface area contributed by atoms with E-state index in [0.29, 0.717) is 15.5 Å². The standard InChI is InChI=1S/C31H24F4N4O4S2/c1-37(2)20-10-6-16(7-11-20)23-24-25(28(42)39(27(24)41)21-12-8-18(32)9-13-21)44-29-26(23)45-30(43)38(29)15-22(40)36-19-5-3-4-17(14-19)31(33,34)35/h3-14,23-25H,15H2,1-2H3,(H,36,40)/t23-,24?,25?/m1/s1. The molecule has 3 atom stereocenters. The molecule has 3 aromatic carbocycles. The van der Waals surface area contributed by atoms with Crippen molar-refractivity contribution in [2.75, 3.05) is 29.2 Å². The van der Waals surface area contributed by atoms with Crippen molar-refractivity contribution in [1.29, 1.82) is 0 Å². The lowest BCUT2D eigenvalue weighted by Crippen LogP contribution is -2.33. The zero-order chi connectivity index (χ0) is 32.2. The molecule has 3 heterocycles. The van der Waals surface area contributed by atoms with Crippen molar-refractivity contribution < 1.29 is 31.9 Å². The van der Waals surface area contributed by atoms with E-state index in [0.717, 1.165) is 64.0 Å². The Morgan fingerprint density at radius 2 is 1.64 bits per heavy atom. The normalized spacial score (nSPS) is 19.3. The molecule has 2 aliphatic heterocycles. The number of carbonyl (C=O) groups excluding carboxylic acids is 3. The Kier molecular flexibility index (Phi) is 7.81. The Bertz CT molecular complexity index is 1870. The van der Waals surface area contributed by atoms with Crippen molar-refractivity contribution in [2.24, 2.45) is 5.92 Å². The Labute approximate surface area is 262 Å². The third-order valence-corrected chi connectivity index (χ3v) is 10.3. The second kappa shape index (κ2) is 11.5. The minimum atomic E-state index is -4.61. The number of thioether (sulfide) groups is 1. The highest BCUT2D eigenvalue weighted by Gasteiger charge is 2.56. The molecule has 4 aromatic rings. The van der Waals surface area contributed by atoms with Gasteiger partial charge in [0, 0.05) is 36.3 Å². The predicted molar refractivity (Wildman–Crippen MR) is 163 cm³/mol. The largest absolute Gasteiger partial charge is 0.416 e. The van der Waals surface area contributed by atoms with Crippen molar-refractivity contribution in [3.8, 4) is 0 Å². The van der Waals surface area contributed by atoms with E-state index < -0.39 is 63.8 Å². The van der Waals surface area contributed by atoms with E-state index in [2.05, 4.69) is 5.32 Å². The molecule has 14 heteroatoms. The number of thiazole rings is 1. The molecule has 232 valence electrons. The fourth-order valence-corrected chi connectivity index (χ4v) is 8.33. The van der Waals surface area contributed by atoms with Crippen molar-refractivity contribution in [2.45, 2.75) is 28.9 Å². The first kappa shape index (κ1) is 30.6. The topological polar surface area (TPSA) is 91.7 Å². The fourth-order valence-electron chi connectivity index (χ4n) is 5.56. The van der Waals surface area contributed by atoms with E-state index in [9.17, 15) is 36.7 Å². The van der Waals surface area contributed by atoms with Gasteiger partial charge in [-0.2, -0.15) is 13.2 Å². The first-order chi connectivity index (χ1) is 21.3. The zero-order valence-corrected chi connectivity index (χ0v) is 25.3. The van der Waals surface area contributed by atoms with Gasteiger partial charge in [0.1, 0.15) is 17.6 Å². The number of nitrogens with zero attached hydrogens (tertiary/aromatic N) is 3. The first-order valence-electron chi connectivity index (χ1n) is 13.6. The van der Waals surface area contributed by atoms with Gasteiger partial charge in [0.25, 0.3) is 0 Å². The lowest BCUT2D eigenvalue weighted by atomic mass is 9.83. The Morgan fingerprint density at radius 1 is 0.956 bits per heavy atom. The number of anilines is 3. The van der Waals surface area contributed by atoms with Gasteiger partial charge in [0.15, 0.2) is 0 Å². The number of hydrogen-bond acceptors (Lipinski definition) is 7. The van der Waals surface area contributed by atoms with Gasteiger partial charge in [-0.05, 0) is 60.2 Å². The maximum Gasteiger partial charge on any atom is 0.416 e. The van der Waals surface area contributed by atoms with Gasteiger partial charge in [-0.3, -0.25) is 23.7 Å². The molecule has 6 rings (SSSR count). The number of alkyl halides is 3. The van der Waals surface area contributed by atoms with Crippen molar-refractivity contribution in [3.05, 3.63) is 104 Å². The van der Waals surface area contributed by atoms with E-state index >= 15 is 0 Å². The molecular formula is C31H24F4N4O4S2. The lowest BCUT2D eigenvalue weighted by molar-refractivity contribution is -0.137. The summed E-state index contributed by atoms with van der Waals surface area (Å²) in [5.74, 6) is -3.91. The third-order valence-electron chi connectivity index (χ3n) is 7.68. The molecule has 1 fully saturated rings. The minimum absolute atomic E-state index is 0.0925. The predicted octanol–water partition coefficient (Wildman–Crippen LogP) is 5.57. The smallest absolute Gasteiger partial charge is 0.378 e. The summed E-state index contributed by atoms with van der Waals surface area (Å²) in [4.78, 5) is 57.0. The highest BCUT2D eigenvalue weighted by atomic mass is 32.2. The fraction of sp³-hybridized carbons (Fsp3) is 0.226. The minimum Gasteiger partial charge on any atom is -0.378 e. The van der Waals surface area contributed by atoms with E-state index in [1.165, 1.54) is 22.8 Å². The van der Waals surface area contributed by atoms with Crippen LogP contribution in [-0.2, 0) is 27.1 Å². The Hall–Kier alpha value is -4.43. The number of nitrogens with one attached hydrogen (secondary N) is 1. The molecule has 1 N–H and O–H groups in total. The number of benzene rings is 3. The maximum atomic E-state index is 13.9. The van der Waals surface area contributed by atoms with Crippen molar-refractivity contribution in [1.82, 2.24) is 4.57 Å². The highest BCUT2D eigenvalue weighted by Crippen LogP contribution is 2.54. The molecule has 0 bridgehead atoms. The monoisotopic (exact) mass is 656 g/mol. The number of hydrogen-bond donors (Lipinski definition) is 1. The van der Waals surface area contributed by atoms with Gasteiger partial charge >= 0.3 is 11.0 Å². The summed E-state index contributed by atoms with van der Waals surface area (Å²) in [6, 6.07) is 16.5. The van der Waals surface area contributed by atoms with Crippen LogP contribution in [0.4, 0.5) is 34.6 Å². The van der Waals surface area contributed by atoms with Crippen LogP contribution in [0.2, 0.25) is 0 Å². The number of rotatable bonds is 6. The second-order valence-corrected chi connectivity index (χ2v) is 12.9. The summed E-state index contributed by atoms with van der Waals surface area (Å²) in [5, 5.41) is 1.78. The number of fused-ring (bicyclic) bond motifs is 2. The van der Waals surface area contributed by atoms with Crippen LogP contribution in [-0.4, -0.2) is 41.6 Å². The van der Waals surface area contributed by atoms with Gasteiger partial charge in [-0.25, -0.2) is 9.29 Å². The summed E-state index contributed by atoms with van der Waals surface area (Å²) < 4.78 is 54.4. The molecule has 1 aromatic heterocycles. The number of imide groups is 1. The van der Waals surface area contributed by atoms with Crippen LogP contribution < -0.4 is 20.0 Å². The second-order valence-electron chi connectivity index (χ2n) is 10.8. The number of carbonyl (C=O) groups is 3. The Balaban J connectivity index is 1.38. The third kappa shape index (κ3) is 5.63. The first-order valence-corrected chi connectivity index (χ1v) is 15.3. The molecule has 2 unspecified atom stereocenters. The molecule has 0 aliphatic carbocycles. The average Bonchev–Trinajstić information content (AvgIpc) is 3.43. The van der Waals surface area contributed by atoms with Gasteiger partial charge < -0.3 is 10.2 Å². The molecule has 0 radical (unpaired) electrons.